The predicted octanol–water partition coefficient (Wildman–Crippen LogP) is 1.74. The Kier molecular flexibility index (Phi) is 5.09. The molecule has 2 N–H and O–H groups in total. The molecule has 0 aromatic heterocycles. The first-order valence-electron chi connectivity index (χ1n) is 6.34. The Morgan fingerprint density at radius 3 is 2.32 bits per heavy atom. The van der Waals surface area contributed by atoms with Crippen molar-refractivity contribution in [1.29, 1.82) is 0 Å². The van der Waals surface area contributed by atoms with Crippen molar-refractivity contribution in [3.05, 3.63) is 34.4 Å². The standard InChI is InChI=1S/C15H23NO3/c1-10-6-11(2)13(12(3)7-10)14(17)16-8-15(4,18)9-19-5/h6-7,18H,8-9H2,1-5H3,(H,16,17)/t15-/m0/s1. The lowest BCUT2D eigenvalue weighted by Crippen LogP contribution is -2.44. The fourth-order valence-electron chi connectivity index (χ4n) is 2.26. The van der Waals surface area contributed by atoms with Gasteiger partial charge in [-0.15, -0.1) is 0 Å². The lowest BCUT2D eigenvalue weighted by Gasteiger charge is -2.23. The van der Waals surface area contributed by atoms with Crippen LogP contribution in [0, 0.1) is 20.8 Å². The summed E-state index contributed by atoms with van der Waals surface area (Å²) in [5.41, 5.74) is 2.65. The number of rotatable bonds is 5. The Hall–Kier alpha value is -1.39. The summed E-state index contributed by atoms with van der Waals surface area (Å²) in [5.74, 6) is -0.161. The summed E-state index contributed by atoms with van der Waals surface area (Å²) >= 11 is 0. The minimum absolute atomic E-state index is 0.159. The topological polar surface area (TPSA) is 58.6 Å². The second-order valence-corrected chi connectivity index (χ2v) is 5.39. The molecule has 0 aliphatic rings. The summed E-state index contributed by atoms with van der Waals surface area (Å²) in [7, 11) is 1.52. The van der Waals surface area contributed by atoms with Gasteiger partial charge in [-0.25, -0.2) is 0 Å². The molecule has 0 unspecified atom stereocenters. The van der Waals surface area contributed by atoms with E-state index in [1.165, 1.54) is 7.11 Å². The van der Waals surface area contributed by atoms with Crippen molar-refractivity contribution in [1.82, 2.24) is 5.32 Å². The molecule has 0 fully saturated rings. The summed E-state index contributed by atoms with van der Waals surface area (Å²) in [6, 6.07) is 3.96. The first-order chi connectivity index (χ1) is 8.76. The van der Waals surface area contributed by atoms with E-state index < -0.39 is 5.60 Å². The van der Waals surface area contributed by atoms with E-state index in [-0.39, 0.29) is 19.1 Å². The molecule has 106 valence electrons. The number of hydrogen-bond acceptors (Lipinski definition) is 3. The maximum Gasteiger partial charge on any atom is 0.251 e. The van der Waals surface area contributed by atoms with E-state index in [1.54, 1.807) is 6.92 Å². The molecule has 0 heterocycles. The van der Waals surface area contributed by atoms with Gasteiger partial charge in [0.1, 0.15) is 5.60 Å². The van der Waals surface area contributed by atoms with Crippen LogP contribution in [0.3, 0.4) is 0 Å². The van der Waals surface area contributed by atoms with E-state index in [2.05, 4.69) is 5.32 Å². The zero-order chi connectivity index (χ0) is 14.6. The van der Waals surface area contributed by atoms with Crippen molar-refractivity contribution in [2.75, 3.05) is 20.3 Å². The van der Waals surface area contributed by atoms with Gasteiger partial charge >= 0.3 is 0 Å². The minimum Gasteiger partial charge on any atom is -0.386 e. The number of amides is 1. The molecule has 0 spiro atoms. The van der Waals surface area contributed by atoms with Crippen LogP contribution in [0.15, 0.2) is 12.1 Å². The summed E-state index contributed by atoms with van der Waals surface area (Å²) in [5, 5.41) is 12.7. The van der Waals surface area contributed by atoms with Crippen molar-refractivity contribution in [3.63, 3.8) is 0 Å². The lowest BCUT2D eigenvalue weighted by atomic mass is 9.99. The van der Waals surface area contributed by atoms with Gasteiger partial charge in [-0.05, 0) is 38.8 Å². The van der Waals surface area contributed by atoms with Crippen molar-refractivity contribution in [2.45, 2.75) is 33.3 Å². The average molecular weight is 265 g/mol. The van der Waals surface area contributed by atoms with Gasteiger partial charge in [0.2, 0.25) is 0 Å². The molecule has 0 saturated heterocycles. The highest BCUT2D eigenvalue weighted by Crippen LogP contribution is 2.16. The molecule has 1 aromatic carbocycles. The highest BCUT2D eigenvalue weighted by Gasteiger charge is 2.22. The van der Waals surface area contributed by atoms with Crippen molar-refractivity contribution in [2.24, 2.45) is 0 Å². The summed E-state index contributed by atoms with van der Waals surface area (Å²) in [6.07, 6.45) is 0. The zero-order valence-electron chi connectivity index (χ0n) is 12.3. The Morgan fingerprint density at radius 2 is 1.84 bits per heavy atom. The molecule has 1 atom stereocenters. The maximum absolute atomic E-state index is 12.2. The van der Waals surface area contributed by atoms with E-state index in [1.807, 2.05) is 32.9 Å². The highest BCUT2D eigenvalue weighted by molar-refractivity contribution is 5.97. The smallest absolute Gasteiger partial charge is 0.251 e. The molecule has 0 saturated carbocycles. The van der Waals surface area contributed by atoms with Gasteiger partial charge in [0.25, 0.3) is 5.91 Å². The van der Waals surface area contributed by atoms with Crippen LogP contribution in [0.1, 0.15) is 34.0 Å². The first kappa shape index (κ1) is 15.7. The van der Waals surface area contributed by atoms with E-state index in [0.717, 1.165) is 16.7 Å². The van der Waals surface area contributed by atoms with E-state index in [9.17, 15) is 9.90 Å². The van der Waals surface area contributed by atoms with Crippen molar-refractivity contribution in [3.8, 4) is 0 Å². The molecular formula is C15H23NO3. The number of ether oxygens (including phenoxy) is 1. The molecule has 0 aliphatic heterocycles. The number of nitrogens with one attached hydrogen (secondary N) is 1. The summed E-state index contributed by atoms with van der Waals surface area (Å²) in [4.78, 5) is 12.2. The predicted molar refractivity (Wildman–Crippen MR) is 75.5 cm³/mol. The number of methoxy groups -OCH3 is 1. The van der Waals surface area contributed by atoms with Gasteiger partial charge < -0.3 is 15.2 Å². The summed E-state index contributed by atoms with van der Waals surface area (Å²) < 4.78 is 4.91. The SMILES string of the molecule is COC[C@@](C)(O)CNC(=O)c1c(C)cc(C)cc1C. The number of aryl methyl sites for hydroxylation is 3. The molecule has 4 nitrogen and oxygen atoms in total. The molecule has 0 bridgehead atoms. The summed E-state index contributed by atoms with van der Waals surface area (Å²) in [6.45, 7) is 7.81. The number of aliphatic hydroxyl groups is 1. The van der Waals surface area contributed by atoms with Gasteiger partial charge in [-0.1, -0.05) is 17.7 Å². The Morgan fingerprint density at radius 1 is 1.32 bits per heavy atom. The Labute approximate surface area is 114 Å². The third-order valence-electron chi connectivity index (χ3n) is 2.99. The van der Waals surface area contributed by atoms with Gasteiger partial charge in [-0.3, -0.25) is 4.79 Å². The second kappa shape index (κ2) is 6.17. The van der Waals surface area contributed by atoms with Crippen LogP contribution in [0.5, 0.6) is 0 Å². The largest absolute Gasteiger partial charge is 0.386 e. The molecule has 1 aromatic rings. The number of benzene rings is 1. The van der Waals surface area contributed by atoms with Crippen molar-refractivity contribution < 1.29 is 14.6 Å². The van der Waals surface area contributed by atoms with Gasteiger partial charge in [0, 0.05) is 19.2 Å². The maximum atomic E-state index is 12.2. The fraction of sp³-hybridized carbons (Fsp3) is 0.533. The van der Waals surface area contributed by atoms with Gasteiger partial charge in [0.05, 0.1) is 6.61 Å². The Balaban J connectivity index is 2.80. The van der Waals surface area contributed by atoms with E-state index >= 15 is 0 Å². The molecule has 4 heteroatoms. The van der Waals surface area contributed by atoms with Crippen LogP contribution in [0.25, 0.3) is 0 Å². The second-order valence-electron chi connectivity index (χ2n) is 5.39. The average Bonchev–Trinajstić information content (AvgIpc) is 2.25. The number of hydrogen-bond donors (Lipinski definition) is 2. The Bertz CT molecular complexity index is 443. The van der Waals surface area contributed by atoms with Crippen LogP contribution in [0.2, 0.25) is 0 Å². The highest BCUT2D eigenvalue weighted by atomic mass is 16.5. The zero-order valence-corrected chi connectivity index (χ0v) is 12.3. The number of carbonyl (C=O) groups excluding carboxylic acids is 1. The monoisotopic (exact) mass is 265 g/mol. The van der Waals surface area contributed by atoms with Crippen molar-refractivity contribution >= 4 is 5.91 Å². The quantitative estimate of drug-likeness (QED) is 0.852. The van der Waals surface area contributed by atoms with E-state index in [4.69, 9.17) is 4.74 Å². The third kappa shape index (κ3) is 4.33. The molecular weight excluding hydrogens is 242 g/mol. The van der Waals surface area contributed by atoms with Crippen LogP contribution >= 0.6 is 0 Å². The lowest BCUT2D eigenvalue weighted by molar-refractivity contribution is -0.0147. The molecule has 19 heavy (non-hydrogen) atoms. The van der Waals surface area contributed by atoms with E-state index in [0.29, 0.717) is 5.56 Å². The minimum atomic E-state index is -1.06. The third-order valence-corrected chi connectivity index (χ3v) is 2.99. The number of carbonyl (C=O) groups is 1. The van der Waals surface area contributed by atoms with Crippen LogP contribution in [-0.4, -0.2) is 36.9 Å². The molecule has 0 aliphatic carbocycles. The van der Waals surface area contributed by atoms with Gasteiger partial charge in [-0.2, -0.15) is 0 Å². The normalized spacial score (nSPS) is 14.0. The van der Waals surface area contributed by atoms with Crippen LogP contribution in [-0.2, 0) is 4.74 Å². The molecule has 0 radical (unpaired) electrons. The molecule has 1 amide bonds. The van der Waals surface area contributed by atoms with Crippen LogP contribution in [0.4, 0.5) is 0 Å². The first-order valence-corrected chi connectivity index (χ1v) is 6.34. The van der Waals surface area contributed by atoms with Gasteiger partial charge in [0.15, 0.2) is 0 Å². The van der Waals surface area contributed by atoms with Crippen LogP contribution < -0.4 is 5.32 Å². The molecule has 1 rings (SSSR count). The fourth-order valence-corrected chi connectivity index (χ4v) is 2.26.